The van der Waals surface area contributed by atoms with Gasteiger partial charge in [0.25, 0.3) is 0 Å². The summed E-state index contributed by atoms with van der Waals surface area (Å²) in [5, 5.41) is 9.92. The molecule has 0 spiro atoms. The Morgan fingerprint density at radius 3 is 2.63 bits per heavy atom. The zero-order valence-corrected chi connectivity index (χ0v) is 12.2. The van der Waals surface area contributed by atoms with Crippen LogP contribution in [0.3, 0.4) is 0 Å². The van der Waals surface area contributed by atoms with Crippen LogP contribution >= 0.6 is 11.6 Å². The maximum absolute atomic E-state index is 9.43. The molecule has 0 bridgehead atoms. The number of aliphatic hydroxyl groups is 1. The molecule has 0 heterocycles. The molecule has 1 atom stereocenters. The van der Waals surface area contributed by atoms with Crippen molar-refractivity contribution < 1.29 is 19.3 Å². The highest BCUT2D eigenvalue weighted by Gasteiger charge is 2.06. The smallest absolute Gasteiger partial charge is 0.138 e. The van der Waals surface area contributed by atoms with Crippen LogP contribution in [0.15, 0.2) is 18.2 Å². The maximum Gasteiger partial charge on any atom is 0.138 e. The average Bonchev–Trinajstić information content (AvgIpc) is 2.39. The van der Waals surface area contributed by atoms with Gasteiger partial charge in [-0.25, -0.2) is 0 Å². The molecule has 1 aromatic carbocycles. The molecule has 0 aromatic heterocycles. The van der Waals surface area contributed by atoms with Gasteiger partial charge in [-0.3, -0.25) is 0 Å². The standard InChI is InChI=1S/C14H21ClO4/c1-11(16)12-4-5-14(13(15)10-12)19-9-8-18-7-3-6-17-2/h4-5,10-11,16H,3,6-9H2,1-2H3. The average molecular weight is 289 g/mol. The SMILES string of the molecule is COCCCOCCOc1ccc(C(C)O)cc1Cl. The van der Waals surface area contributed by atoms with E-state index in [-0.39, 0.29) is 0 Å². The molecule has 0 radical (unpaired) electrons. The molecule has 0 saturated carbocycles. The molecular formula is C14H21ClO4. The number of benzene rings is 1. The van der Waals surface area contributed by atoms with Crippen LogP contribution in [0.5, 0.6) is 5.75 Å². The summed E-state index contributed by atoms with van der Waals surface area (Å²) >= 11 is 6.06. The van der Waals surface area contributed by atoms with E-state index in [1.165, 1.54) is 0 Å². The largest absolute Gasteiger partial charge is 0.490 e. The Morgan fingerprint density at radius 1 is 1.21 bits per heavy atom. The van der Waals surface area contributed by atoms with Crippen LogP contribution in [0.4, 0.5) is 0 Å². The van der Waals surface area contributed by atoms with Crippen LogP contribution in [0.25, 0.3) is 0 Å². The predicted molar refractivity (Wildman–Crippen MR) is 74.9 cm³/mol. The van der Waals surface area contributed by atoms with Gasteiger partial charge in [-0.05, 0) is 31.0 Å². The Kier molecular flexibility index (Phi) is 7.82. The van der Waals surface area contributed by atoms with Gasteiger partial charge < -0.3 is 19.3 Å². The van der Waals surface area contributed by atoms with Gasteiger partial charge in [-0.2, -0.15) is 0 Å². The van der Waals surface area contributed by atoms with Crippen molar-refractivity contribution in [1.29, 1.82) is 0 Å². The van der Waals surface area contributed by atoms with Crippen LogP contribution in [-0.4, -0.2) is 38.6 Å². The molecule has 0 aliphatic carbocycles. The molecule has 19 heavy (non-hydrogen) atoms. The number of rotatable bonds is 9. The maximum atomic E-state index is 9.43. The van der Waals surface area contributed by atoms with E-state index in [0.717, 1.165) is 12.0 Å². The van der Waals surface area contributed by atoms with Crippen LogP contribution in [-0.2, 0) is 9.47 Å². The molecule has 1 unspecified atom stereocenters. The molecule has 1 rings (SSSR count). The summed E-state index contributed by atoms with van der Waals surface area (Å²) in [6.07, 6.45) is 0.344. The van der Waals surface area contributed by atoms with Gasteiger partial charge in [0.05, 0.1) is 17.7 Å². The Bertz CT molecular complexity index is 368. The number of hydrogen-bond acceptors (Lipinski definition) is 4. The molecule has 1 N–H and O–H groups in total. The van der Waals surface area contributed by atoms with Crippen molar-refractivity contribution >= 4 is 11.6 Å². The van der Waals surface area contributed by atoms with E-state index in [1.807, 2.05) is 0 Å². The Hall–Kier alpha value is -0.810. The first-order valence-corrected chi connectivity index (χ1v) is 6.70. The molecular weight excluding hydrogens is 268 g/mol. The third-order valence-electron chi connectivity index (χ3n) is 2.56. The monoisotopic (exact) mass is 288 g/mol. The third kappa shape index (κ3) is 6.25. The lowest BCUT2D eigenvalue weighted by atomic mass is 10.1. The second-order valence-corrected chi connectivity index (χ2v) is 4.58. The molecule has 4 nitrogen and oxygen atoms in total. The molecule has 0 aliphatic heterocycles. The number of ether oxygens (including phenoxy) is 3. The first kappa shape index (κ1) is 16.2. The van der Waals surface area contributed by atoms with Crippen LogP contribution in [0, 0.1) is 0 Å². The second kappa shape index (κ2) is 9.15. The number of hydrogen-bond donors (Lipinski definition) is 1. The van der Waals surface area contributed by atoms with Crippen LogP contribution in [0.2, 0.25) is 5.02 Å². The van der Waals surface area contributed by atoms with E-state index in [4.69, 9.17) is 25.8 Å². The minimum Gasteiger partial charge on any atom is -0.490 e. The number of halogens is 1. The van der Waals surface area contributed by atoms with Crippen molar-refractivity contribution in [2.45, 2.75) is 19.4 Å². The summed E-state index contributed by atoms with van der Waals surface area (Å²) in [5.74, 6) is 0.603. The molecule has 1 aromatic rings. The Morgan fingerprint density at radius 2 is 2.00 bits per heavy atom. The van der Waals surface area contributed by atoms with Gasteiger partial charge in [-0.15, -0.1) is 0 Å². The van der Waals surface area contributed by atoms with Crippen molar-refractivity contribution in [1.82, 2.24) is 0 Å². The van der Waals surface area contributed by atoms with Crippen molar-refractivity contribution in [3.63, 3.8) is 0 Å². The lowest BCUT2D eigenvalue weighted by molar-refractivity contribution is 0.0806. The van der Waals surface area contributed by atoms with Gasteiger partial charge in [0.15, 0.2) is 0 Å². The van der Waals surface area contributed by atoms with Gasteiger partial charge in [0, 0.05) is 20.3 Å². The molecule has 0 fully saturated rings. The molecule has 0 amide bonds. The minimum absolute atomic E-state index is 0.445. The molecule has 108 valence electrons. The Labute approximate surface area is 119 Å². The quantitative estimate of drug-likeness (QED) is 0.710. The Balaban J connectivity index is 2.26. The highest BCUT2D eigenvalue weighted by atomic mass is 35.5. The normalized spacial score (nSPS) is 12.4. The topological polar surface area (TPSA) is 47.9 Å². The van der Waals surface area contributed by atoms with Crippen molar-refractivity contribution in [2.24, 2.45) is 0 Å². The summed E-state index contributed by atoms with van der Waals surface area (Å²) in [5.41, 5.74) is 0.771. The van der Waals surface area contributed by atoms with Gasteiger partial charge >= 0.3 is 0 Å². The zero-order valence-electron chi connectivity index (χ0n) is 11.4. The summed E-state index contributed by atoms with van der Waals surface area (Å²) < 4.78 is 15.8. The van der Waals surface area contributed by atoms with Gasteiger partial charge in [0.1, 0.15) is 12.4 Å². The fraction of sp³-hybridized carbons (Fsp3) is 0.571. The van der Waals surface area contributed by atoms with E-state index < -0.39 is 6.10 Å². The second-order valence-electron chi connectivity index (χ2n) is 4.17. The van der Waals surface area contributed by atoms with E-state index in [0.29, 0.717) is 37.2 Å². The van der Waals surface area contributed by atoms with E-state index in [1.54, 1.807) is 32.2 Å². The van der Waals surface area contributed by atoms with Gasteiger partial charge in [0.2, 0.25) is 0 Å². The van der Waals surface area contributed by atoms with Gasteiger partial charge in [-0.1, -0.05) is 17.7 Å². The van der Waals surface area contributed by atoms with Crippen molar-refractivity contribution in [3.8, 4) is 5.75 Å². The summed E-state index contributed by atoms with van der Waals surface area (Å²) in [6, 6.07) is 5.27. The third-order valence-corrected chi connectivity index (χ3v) is 2.86. The summed E-state index contributed by atoms with van der Waals surface area (Å²) in [6.45, 7) is 4.01. The summed E-state index contributed by atoms with van der Waals surface area (Å²) in [7, 11) is 1.67. The van der Waals surface area contributed by atoms with E-state index in [2.05, 4.69) is 0 Å². The van der Waals surface area contributed by atoms with Crippen LogP contribution < -0.4 is 4.74 Å². The van der Waals surface area contributed by atoms with E-state index >= 15 is 0 Å². The van der Waals surface area contributed by atoms with Crippen molar-refractivity contribution in [3.05, 3.63) is 28.8 Å². The molecule has 5 heteroatoms. The van der Waals surface area contributed by atoms with Crippen LogP contribution in [0.1, 0.15) is 25.0 Å². The van der Waals surface area contributed by atoms with Crippen molar-refractivity contribution in [2.75, 3.05) is 33.5 Å². The lowest BCUT2D eigenvalue weighted by Crippen LogP contribution is -2.08. The molecule has 0 saturated heterocycles. The number of aliphatic hydroxyl groups excluding tert-OH is 1. The molecule has 0 aliphatic rings. The highest BCUT2D eigenvalue weighted by Crippen LogP contribution is 2.27. The number of methoxy groups -OCH3 is 1. The first-order valence-electron chi connectivity index (χ1n) is 6.32. The highest BCUT2D eigenvalue weighted by molar-refractivity contribution is 6.32. The zero-order chi connectivity index (χ0) is 14.1. The lowest BCUT2D eigenvalue weighted by Gasteiger charge is -2.11. The minimum atomic E-state index is -0.532. The first-order chi connectivity index (χ1) is 9.15. The predicted octanol–water partition coefficient (Wildman–Crippen LogP) is 2.83. The summed E-state index contributed by atoms with van der Waals surface area (Å²) in [4.78, 5) is 0. The fourth-order valence-corrected chi connectivity index (χ4v) is 1.76. The van der Waals surface area contributed by atoms with E-state index in [9.17, 15) is 5.11 Å². The fourth-order valence-electron chi connectivity index (χ4n) is 1.51.